The molecule has 0 aliphatic rings. The Kier molecular flexibility index (Phi) is 6.07. The SMILES string of the molecule is CCCC(COC)NS(=O)(=O)c1cccc(F)c1C#N. The molecule has 5 nitrogen and oxygen atoms in total. The number of benzene rings is 1. The fourth-order valence-electron chi connectivity index (χ4n) is 1.85. The maximum absolute atomic E-state index is 13.5. The van der Waals surface area contributed by atoms with Crippen molar-refractivity contribution in [3.8, 4) is 6.07 Å². The number of nitrogens with zero attached hydrogens (tertiary/aromatic N) is 1. The first-order valence-electron chi connectivity index (χ1n) is 6.16. The van der Waals surface area contributed by atoms with E-state index in [9.17, 15) is 12.8 Å². The van der Waals surface area contributed by atoms with Gasteiger partial charge in [-0.25, -0.2) is 17.5 Å². The molecular weight excluding hydrogens is 283 g/mol. The molecule has 1 aromatic rings. The van der Waals surface area contributed by atoms with Gasteiger partial charge in [-0.15, -0.1) is 0 Å². The fraction of sp³-hybridized carbons (Fsp3) is 0.462. The van der Waals surface area contributed by atoms with Crippen molar-refractivity contribution in [2.75, 3.05) is 13.7 Å². The molecule has 0 radical (unpaired) electrons. The van der Waals surface area contributed by atoms with E-state index in [-0.39, 0.29) is 11.5 Å². The summed E-state index contributed by atoms with van der Waals surface area (Å²) in [5.41, 5.74) is -0.479. The van der Waals surface area contributed by atoms with Gasteiger partial charge in [-0.3, -0.25) is 0 Å². The van der Waals surface area contributed by atoms with Gasteiger partial charge in [0.25, 0.3) is 0 Å². The van der Waals surface area contributed by atoms with Gasteiger partial charge in [0, 0.05) is 13.2 Å². The van der Waals surface area contributed by atoms with E-state index in [1.165, 1.54) is 19.2 Å². The minimum Gasteiger partial charge on any atom is -0.383 e. The van der Waals surface area contributed by atoms with Crippen molar-refractivity contribution in [3.05, 3.63) is 29.6 Å². The smallest absolute Gasteiger partial charge is 0.242 e. The molecule has 0 heterocycles. The zero-order valence-electron chi connectivity index (χ0n) is 11.4. The van der Waals surface area contributed by atoms with Crippen LogP contribution in [-0.2, 0) is 14.8 Å². The molecule has 7 heteroatoms. The van der Waals surface area contributed by atoms with Gasteiger partial charge in [-0.2, -0.15) is 5.26 Å². The van der Waals surface area contributed by atoms with E-state index in [2.05, 4.69) is 4.72 Å². The molecule has 1 atom stereocenters. The molecule has 1 unspecified atom stereocenters. The molecule has 0 amide bonds. The summed E-state index contributed by atoms with van der Waals surface area (Å²) in [6.07, 6.45) is 1.36. The largest absolute Gasteiger partial charge is 0.383 e. The number of halogens is 1. The van der Waals surface area contributed by atoms with E-state index < -0.39 is 27.4 Å². The molecule has 20 heavy (non-hydrogen) atoms. The molecule has 1 aromatic carbocycles. The molecule has 0 saturated heterocycles. The molecule has 110 valence electrons. The zero-order valence-corrected chi connectivity index (χ0v) is 12.2. The Balaban J connectivity index is 3.11. The van der Waals surface area contributed by atoms with Gasteiger partial charge in [0.1, 0.15) is 22.3 Å². The summed E-state index contributed by atoms with van der Waals surface area (Å²) in [4.78, 5) is -0.350. The molecule has 1 N–H and O–H groups in total. The van der Waals surface area contributed by atoms with E-state index in [1.807, 2.05) is 6.92 Å². The highest BCUT2D eigenvalue weighted by Gasteiger charge is 2.24. The van der Waals surface area contributed by atoms with Crippen molar-refractivity contribution >= 4 is 10.0 Å². The maximum Gasteiger partial charge on any atom is 0.242 e. The second-order valence-electron chi connectivity index (χ2n) is 4.29. The summed E-state index contributed by atoms with van der Waals surface area (Å²) in [5, 5.41) is 8.90. The third kappa shape index (κ3) is 4.00. The molecule has 0 aliphatic carbocycles. The lowest BCUT2D eigenvalue weighted by Crippen LogP contribution is -2.38. The van der Waals surface area contributed by atoms with E-state index in [0.29, 0.717) is 6.42 Å². The molecule has 0 fully saturated rings. The van der Waals surface area contributed by atoms with Crippen LogP contribution >= 0.6 is 0 Å². The van der Waals surface area contributed by atoms with Crippen molar-refractivity contribution in [1.82, 2.24) is 4.72 Å². The average molecular weight is 300 g/mol. The fourth-order valence-corrected chi connectivity index (χ4v) is 3.27. The molecule has 0 aromatic heterocycles. The minimum absolute atomic E-state index is 0.213. The molecule has 0 saturated carbocycles. The molecule has 0 spiro atoms. The van der Waals surface area contributed by atoms with Gasteiger partial charge in [-0.05, 0) is 18.6 Å². The summed E-state index contributed by atoms with van der Waals surface area (Å²) in [6, 6.07) is 4.69. The third-order valence-corrected chi connectivity index (χ3v) is 4.27. The number of hydrogen-bond donors (Lipinski definition) is 1. The highest BCUT2D eigenvalue weighted by molar-refractivity contribution is 7.89. The number of ether oxygens (including phenoxy) is 1. The molecular formula is C13H17FN2O3S. The van der Waals surface area contributed by atoms with Gasteiger partial charge < -0.3 is 4.74 Å². The minimum atomic E-state index is -3.96. The Hall–Kier alpha value is -1.49. The van der Waals surface area contributed by atoms with Crippen molar-refractivity contribution in [2.24, 2.45) is 0 Å². The normalized spacial score (nSPS) is 12.9. The Morgan fingerprint density at radius 3 is 2.75 bits per heavy atom. The van der Waals surface area contributed by atoms with Gasteiger partial charge in [0.15, 0.2) is 0 Å². The predicted molar refractivity (Wildman–Crippen MR) is 72.0 cm³/mol. The Labute approximate surface area is 118 Å². The van der Waals surface area contributed by atoms with Crippen LogP contribution in [0.2, 0.25) is 0 Å². The number of sulfonamides is 1. The summed E-state index contributed by atoms with van der Waals surface area (Å²) in [6.45, 7) is 2.13. The van der Waals surface area contributed by atoms with Crippen LogP contribution in [0.3, 0.4) is 0 Å². The topological polar surface area (TPSA) is 79.2 Å². The number of methoxy groups -OCH3 is 1. The Bertz CT molecular complexity index is 590. The van der Waals surface area contributed by atoms with E-state index in [0.717, 1.165) is 12.5 Å². The Morgan fingerprint density at radius 1 is 1.50 bits per heavy atom. The average Bonchev–Trinajstić information content (AvgIpc) is 2.38. The van der Waals surface area contributed by atoms with Crippen molar-refractivity contribution in [1.29, 1.82) is 5.26 Å². The number of rotatable bonds is 7. The second kappa shape index (κ2) is 7.33. The summed E-state index contributed by atoms with van der Waals surface area (Å²) in [7, 11) is -2.49. The van der Waals surface area contributed by atoms with Crippen molar-refractivity contribution < 1.29 is 17.5 Å². The maximum atomic E-state index is 13.5. The number of nitrogens with one attached hydrogen (secondary N) is 1. The lowest BCUT2D eigenvalue weighted by atomic mass is 10.2. The number of nitriles is 1. The van der Waals surface area contributed by atoms with E-state index in [1.54, 1.807) is 6.07 Å². The lowest BCUT2D eigenvalue weighted by Gasteiger charge is -2.17. The van der Waals surface area contributed by atoms with Crippen LogP contribution in [0, 0.1) is 17.1 Å². The highest BCUT2D eigenvalue weighted by Crippen LogP contribution is 2.18. The first-order valence-corrected chi connectivity index (χ1v) is 7.64. The van der Waals surface area contributed by atoms with Crippen LogP contribution < -0.4 is 4.72 Å². The molecule has 1 rings (SSSR count). The molecule has 0 bridgehead atoms. The first-order chi connectivity index (χ1) is 9.46. The molecule has 0 aliphatic heterocycles. The summed E-state index contributed by atoms with van der Waals surface area (Å²) in [5.74, 6) is -0.853. The third-order valence-electron chi connectivity index (χ3n) is 2.70. The monoisotopic (exact) mass is 300 g/mol. The van der Waals surface area contributed by atoms with Crippen LogP contribution in [0.25, 0.3) is 0 Å². The van der Waals surface area contributed by atoms with Crippen LogP contribution in [-0.4, -0.2) is 28.2 Å². The summed E-state index contributed by atoms with van der Waals surface area (Å²) >= 11 is 0. The zero-order chi connectivity index (χ0) is 15.2. The van der Waals surface area contributed by atoms with E-state index in [4.69, 9.17) is 10.00 Å². The first kappa shape index (κ1) is 16.6. The van der Waals surface area contributed by atoms with Crippen LogP contribution in [0.4, 0.5) is 4.39 Å². The van der Waals surface area contributed by atoms with Crippen LogP contribution in [0.5, 0.6) is 0 Å². The van der Waals surface area contributed by atoms with Gasteiger partial charge in [0.2, 0.25) is 10.0 Å². The summed E-state index contributed by atoms with van der Waals surface area (Å²) < 4.78 is 45.3. The van der Waals surface area contributed by atoms with Crippen molar-refractivity contribution in [3.63, 3.8) is 0 Å². The van der Waals surface area contributed by atoms with Crippen LogP contribution in [0.15, 0.2) is 23.1 Å². The van der Waals surface area contributed by atoms with Gasteiger partial charge in [-0.1, -0.05) is 19.4 Å². The second-order valence-corrected chi connectivity index (χ2v) is 5.97. The quantitative estimate of drug-likeness (QED) is 0.832. The Morgan fingerprint density at radius 2 is 2.20 bits per heavy atom. The highest BCUT2D eigenvalue weighted by atomic mass is 32.2. The van der Waals surface area contributed by atoms with Crippen LogP contribution in [0.1, 0.15) is 25.3 Å². The lowest BCUT2D eigenvalue weighted by molar-refractivity contribution is 0.171. The van der Waals surface area contributed by atoms with Gasteiger partial charge in [0.05, 0.1) is 6.61 Å². The predicted octanol–water partition coefficient (Wildman–Crippen LogP) is 1.79. The van der Waals surface area contributed by atoms with Gasteiger partial charge >= 0.3 is 0 Å². The standard InChI is InChI=1S/C13H17FN2O3S/c1-3-5-10(9-19-2)16-20(17,18)13-7-4-6-12(14)11(13)8-15/h4,6-7,10,16H,3,5,9H2,1-2H3. The van der Waals surface area contributed by atoms with E-state index >= 15 is 0 Å². The number of hydrogen-bond acceptors (Lipinski definition) is 4. The van der Waals surface area contributed by atoms with Crippen molar-refractivity contribution in [2.45, 2.75) is 30.7 Å².